The summed E-state index contributed by atoms with van der Waals surface area (Å²) in [4.78, 5) is 4.21. The van der Waals surface area contributed by atoms with Gasteiger partial charge in [0.15, 0.2) is 0 Å². The van der Waals surface area contributed by atoms with Crippen LogP contribution in [0.4, 0.5) is 0 Å². The lowest BCUT2D eigenvalue weighted by molar-refractivity contribution is 0.0403. The van der Waals surface area contributed by atoms with Gasteiger partial charge in [-0.3, -0.25) is 4.57 Å². The number of aliphatic hydroxyl groups is 1. The van der Waals surface area contributed by atoms with Crippen LogP contribution in [0, 0.1) is 0 Å². The van der Waals surface area contributed by atoms with E-state index in [1.54, 1.807) is 20.0 Å². The van der Waals surface area contributed by atoms with Gasteiger partial charge in [0, 0.05) is 14.7 Å². The van der Waals surface area contributed by atoms with Crippen LogP contribution in [0.15, 0.2) is 10.8 Å². The Balaban J connectivity index is 2.60. The van der Waals surface area contributed by atoms with E-state index in [2.05, 4.69) is 40.6 Å². The van der Waals surface area contributed by atoms with Gasteiger partial charge in [-0.15, -0.1) is 0 Å². The number of halogens is 1. The quantitative estimate of drug-likeness (QED) is 0.642. The molecule has 104 valence electrons. The number of imidazole rings is 1. The smallest absolute Gasteiger partial charge is 0.142 e. The van der Waals surface area contributed by atoms with E-state index in [4.69, 9.17) is 4.74 Å². The summed E-state index contributed by atoms with van der Waals surface area (Å²) < 4.78 is 8.37. The molecule has 1 rings (SSSR count). The third-order valence-electron chi connectivity index (χ3n) is 2.57. The molecule has 1 aromatic rings. The Bertz CT molecular complexity index is 394. The number of nitrogens with zero attached hydrogens (tertiary/aromatic N) is 2. The minimum Gasteiger partial charge on any atom is -0.383 e. The molecule has 0 aliphatic rings. The lowest BCUT2D eigenvalue weighted by Gasteiger charge is -2.20. The molecule has 0 aromatic carbocycles. The van der Waals surface area contributed by atoms with Crippen LogP contribution in [-0.2, 0) is 17.1 Å². The first-order chi connectivity index (χ1) is 8.11. The van der Waals surface area contributed by atoms with Crippen molar-refractivity contribution in [1.82, 2.24) is 9.55 Å². The molecular weight excluding hydrogens is 312 g/mol. The molecule has 0 atom stereocenters. The second-order valence-corrected chi connectivity index (χ2v) is 12.7. The second-order valence-electron chi connectivity index (χ2n) is 6.24. The SMILES string of the molecule is CC(C)(O)c1ncc(Br)n1COCC[Si](C)(C)C. The first-order valence-electron chi connectivity index (χ1n) is 6.13. The summed E-state index contributed by atoms with van der Waals surface area (Å²) in [5.41, 5.74) is -0.964. The molecule has 0 aliphatic carbocycles. The lowest BCUT2D eigenvalue weighted by atomic mass is 10.1. The molecule has 1 N–H and O–H groups in total. The van der Waals surface area contributed by atoms with Crippen molar-refractivity contribution in [3.63, 3.8) is 0 Å². The Morgan fingerprint density at radius 3 is 2.56 bits per heavy atom. The summed E-state index contributed by atoms with van der Waals surface area (Å²) in [5.74, 6) is 0.613. The van der Waals surface area contributed by atoms with Crippen molar-refractivity contribution in [2.24, 2.45) is 0 Å². The summed E-state index contributed by atoms with van der Waals surface area (Å²) >= 11 is 3.42. The summed E-state index contributed by atoms with van der Waals surface area (Å²) in [5, 5.41) is 10.0. The Morgan fingerprint density at radius 1 is 1.44 bits per heavy atom. The van der Waals surface area contributed by atoms with Crippen LogP contribution >= 0.6 is 15.9 Å². The van der Waals surface area contributed by atoms with E-state index < -0.39 is 13.7 Å². The second kappa shape index (κ2) is 5.86. The average Bonchev–Trinajstić information content (AvgIpc) is 2.53. The fourth-order valence-corrected chi connectivity index (χ4v) is 2.63. The summed E-state index contributed by atoms with van der Waals surface area (Å²) in [6.07, 6.45) is 1.69. The lowest BCUT2D eigenvalue weighted by Crippen LogP contribution is -2.25. The maximum Gasteiger partial charge on any atom is 0.142 e. The van der Waals surface area contributed by atoms with E-state index in [0.717, 1.165) is 17.3 Å². The standard InChI is InChI=1S/C12H23BrN2O2Si/c1-12(2,16)11-14-8-10(13)15(11)9-17-6-7-18(3,4)5/h8,16H,6-7,9H2,1-5H3. The van der Waals surface area contributed by atoms with Crippen LogP contribution < -0.4 is 0 Å². The van der Waals surface area contributed by atoms with Crippen molar-refractivity contribution in [3.8, 4) is 0 Å². The zero-order valence-corrected chi connectivity index (χ0v) is 14.4. The highest BCUT2D eigenvalue weighted by Gasteiger charge is 2.24. The summed E-state index contributed by atoms with van der Waals surface area (Å²) in [7, 11) is -1.05. The molecule has 0 bridgehead atoms. The molecule has 0 saturated carbocycles. The van der Waals surface area contributed by atoms with Gasteiger partial charge in [-0.25, -0.2) is 4.98 Å². The van der Waals surface area contributed by atoms with Gasteiger partial charge in [0.05, 0.1) is 6.20 Å². The number of hydrogen-bond acceptors (Lipinski definition) is 3. The summed E-state index contributed by atoms with van der Waals surface area (Å²) in [6, 6.07) is 1.14. The van der Waals surface area contributed by atoms with E-state index in [1.165, 1.54) is 0 Å². The normalized spacial score (nSPS) is 13.1. The van der Waals surface area contributed by atoms with Crippen LogP contribution in [0.25, 0.3) is 0 Å². The van der Waals surface area contributed by atoms with Gasteiger partial charge in [-0.1, -0.05) is 19.6 Å². The van der Waals surface area contributed by atoms with Crippen LogP contribution in [0.3, 0.4) is 0 Å². The van der Waals surface area contributed by atoms with E-state index in [9.17, 15) is 5.11 Å². The maximum absolute atomic E-state index is 10.0. The Hall–Kier alpha value is -0.173. The third kappa shape index (κ3) is 4.83. The maximum atomic E-state index is 10.0. The van der Waals surface area contributed by atoms with Crippen LogP contribution in [-0.4, -0.2) is 29.3 Å². The van der Waals surface area contributed by atoms with Crippen molar-refractivity contribution in [3.05, 3.63) is 16.6 Å². The largest absolute Gasteiger partial charge is 0.383 e. The predicted molar refractivity (Wildman–Crippen MR) is 79.3 cm³/mol. The van der Waals surface area contributed by atoms with Crippen LogP contribution in [0.2, 0.25) is 25.7 Å². The van der Waals surface area contributed by atoms with Crippen LogP contribution in [0.1, 0.15) is 19.7 Å². The number of rotatable bonds is 6. The van der Waals surface area contributed by atoms with Gasteiger partial charge in [-0.2, -0.15) is 0 Å². The molecule has 0 aliphatic heterocycles. The van der Waals surface area contributed by atoms with E-state index in [-0.39, 0.29) is 0 Å². The number of ether oxygens (including phenoxy) is 1. The van der Waals surface area contributed by atoms with E-state index >= 15 is 0 Å². The highest BCUT2D eigenvalue weighted by Crippen LogP contribution is 2.22. The topological polar surface area (TPSA) is 47.3 Å². The van der Waals surface area contributed by atoms with Gasteiger partial charge in [0.1, 0.15) is 22.8 Å². The molecular formula is C12H23BrN2O2Si. The first-order valence-corrected chi connectivity index (χ1v) is 10.6. The molecule has 0 saturated heterocycles. The van der Waals surface area contributed by atoms with Gasteiger partial charge in [0.2, 0.25) is 0 Å². The molecule has 1 heterocycles. The molecule has 0 unspecified atom stereocenters. The Labute approximate surface area is 119 Å². The monoisotopic (exact) mass is 334 g/mol. The highest BCUT2D eigenvalue weighted by molar-refractivity contribution is 9.10. The summed E-state index contributed by atoms with van der Waals surface area (Å²) in [6.45, 7) is 11.6. The number of hydrogen-bond donors (Lipinski definition) is 1. The molecule has 1 aromatic heterocycles. The van der Waals surface area contributed by atoms with E-state index in [1.807, 2.05) is 4.57 Å². The molecule has 4 nitrogen and oxygen atoms in total. The fraction of sp³-hybridized carbons (Fsp3) is 0.750. The molecule has 0 radical (unpaired) electrons. The zero-order valence-electron chi connectivity index (χ0n) is 11.8. The highest BCUT2D eigenvalue weighted by atomic mass is 79.9. The minimum atomic E-state index is -1.05. The van der Waals surface area contributed by atoms with Gasteiger partial charge < -0.3 is 9.84 Å². The predicted octanol–water partition coefficient (Wildman–Crippen LogP) is 3.19. The van der Waals surface area contributed by atoms with Crippen molar-refractivity contribution in [2.45, 2.75) is 51.9 Å². The third-order valence-corrected chi connectivity index (χ3v) is 4.91. The molecule has 6 heteroatoms. The number of aromatic nitrogens is 2. The van der Waals surface area contributed by atoms with Crippen molar-refractivity contribution in [1.29, 1.82) is 0 Å². The Morgan fingerprint density at radius 2 is 2.06 bits per heavy atom. The molecule has 0 amide bonds. The van der Waals surface area contributed by atoms with Crippen molar-refractivity contribution in [2.75, 3.05) is 6.61 Å². The first kappa shape index (κ1) is 15.9. The Kier molecular flexibility index (Phi) is 5.17. The van der Waals surface area contributed by atoms with Gasteiger partial charge >= 0.3 is 0 Å². The van der Waals surface area contributed by atoms with Gasteiger partial charge in [-0.05, 0) is 35.8 Å². The van der Waals surface area contributed by atoms with Crippen molar-refractivity contribution < 1.29 is 9.84 Å². The minimum absolute atomic E-state index is 0.421. The van der Waals surface area contributed by atoms with Crippen molar-refractivity contribution >= 4 is 24.0 Å². The molecule has 18 heavy (non-hydrogen) atoms. The average molecular weight is 335 g/mol. The fourth-order valence-electron chi connectivity index (χ4n) is 1.50. The zero-order chi connectivity index (χ0) is 14.0. The van der Waals surface area contributed by atoms with Crippen LogP contribution in [0.5, 0.6) is 0 Å². The molecule has 0 spiro atoms. The molecule has 0 fully saturated rings. The van der Waals surface area contributed by atoms with E-state index in [0.29, 0.717) is 12.6 Å². The van der Waals surface area contributed by atoms with Gasteiger partial charge in [0.25, 0.3) is 0 Å².